The van der Waals surface area contributed by atoms with Gasteiger partial charge in [-0.05, 0) is 18.4 Å². The molecule has 0 saturated carbocycles. The van der Waals surface area contributed by atoms with Crippen LogP contribution in [0.2, 0.25) is 0 Å². The monoisotopic (exact) mass is 250 g/mol. The van der Waals surface area contributed by atoms with E-state index < -0.39 is 17.5 Å². The van der Waals surface area contributed by atoms with Gasteiger partial charge in [0.15, 0.2) is 5.60 Å². The second-order valence-corrected chi connectivity index (χ2v) is 5.01. The molecule has 4 heteroatoms. The van der Waals surface area contributed by atoms with Crippen molar-refractivity contribution in [1.29, 1.82) is 0 Å². The van der Waals surface area contributed by atoms with E-state index in [2.05, 4.69) is 0 Å². The van der Waals surface area contributed by atoms with E-state index in [4.69, 9.17) is 4.74 Å². The Morgan fingerprint density at radius 3 is 2.72 bits per heavy atom. The molecule has 0 bridgehead atoms. The van der Waals surface area contributed by atoms with Gasteiger partial charge in [-0.1, -0.05) is 32.0 Å². The Hall–Kier alpha value is -1.55. The molecule has 1 aliphatic rings. The zero-order valence-electron chi connectivity index (χ0n) is 10.6. The average Bonchev–Trinajstić information content (AvgIpc) is 2.36. The summed E-state index contributed by atoms with van der Waals surface area (Å²) < 4.78 is 5.50. The third kappa shape index (κ3) is 1.86. The van der Waals surface area contributed by atoms with Gasteiger partial charge in [0.2, 0.25) is 0 Å². The fraction of sp³-hybridized carbons (Fsp3) is 0.500. The second kappa shape index (κ2) is 4.61. The van der Waals surface area contributed by atoms with Gasteiger partial charge < -0.3 is 14.9 Å². The van der Waals surface area contributed by atoms with Crippen molar-refractivity contribution in [3.8, 4) is 5.75 Å². The highest BCUT2D eigenvalue weighted by molar-refractivity contribution is 5.79. The lowest BCUT2D eigenvalue weighted by Crippen LogP contribution is -2.50. The molecule has 2 atom stereocenters. The number of hydrogen-bond acceptors (Lipinski definition) is 3. The molecule has 18 heavy (non-hydrogen) atoms. The standard InChI is InChI=1S/C14H18O4/c1-9(2)14(17,13(15)16)11-7-8-18-12-6-4-3-5-10(11)12/h3-6,9,11,17H,7-8H2,1-2H3,(H,15,16). The summed E-state index contributed by atoms with van der Waals surface area (Å²) >= 11 is 0. The maximum Gasteiger partial charge on any atom is 0.336 e. The van der Waals surface area contributed by atoms with Gasteiger partial charge in [0, 0.05) is 11.5 Å². The number of carboxylic acid groups (broad SMARTS) is 1. The molecule has 1 heterocycles. The molecule has 0 amide bonds. The first-order valence-electron chi connectivity index (χ1n) is 6.15. The number of para-hydroxylation sites is 1. The number of rotatable bonds is 3. The summed E-state index contributed by atoms with van der Waals surface area (Å²) in [6.45, 7) is 3.89. The van der Waals surface area contributed by atoms with Crippen LogP contribution in [0, 0.1) is 5.92 Å². The summed E-state index contributed by atoms with van der Waals surface area (Å²) in [5.41, 5.74) is -0.970. The molecule has 0 radical (unpaired) electrons. The molecule has 1 aliphatic heterocycles. The van der Waals surface area contributed by atoms with Crippen LogP contribution in [0.3, 0.4) is 0 Å². The lowest BCUT2D eigenvalue weighted by Gasteiger charge is -2.38. The number of aliphatic hydroxyl groups is 1. The van der Waals surface area contributed by atoms with E-state index in [0.29, 0.717) is 18.8 Å². The third-order valence-electron chi connectivity index (χ3n) is 3.71. The lowest BCUT2D eigenvalue weighted by atomic mass is 9.72. The van der Waals surface area contributed by atoms with Gasteiger partial charge in [0.1, 0.15) is 5.75 Å². The molecule has 0 fully saturated rings. The van der Waals surface area contributed by atoms with Gasteiger partial charge in [0.05, 0.1) is 6.61 Å². The number of hydrogen-bond donors (Lipinski definition) is 2. The van der Waals surface area contributed by atoms with Crippen molar-refractivity contribution in [2.45, 2.75) is 31.8 Å². The Morgan fingerprint density at radius 2 is 2.11 bits per heavy atom. The van der Waals surface area contributed by atoms with Crippen molar-refractivity contribution in [2.75, 3.05) is 6.61 Å². The number of benzene rings is 1. The molecule has 0 spiro atoms. The van der Waals surface area contributed by atoms with E-state index in [1.54, 1.807) is 13.8 Å². The molecular weight excluding hydrogens is 232 g/mol. The highest BCUT2D eigenvalue weighted by Crippen LogP contribution is 2.43. The van der Waals surface area contributed by atoms with Gasteiger partial charge in [-0.15, -0.1) is 0 Å². The maximum absolute atomic E-state index is 11.5. The van der Waals surface area contributed by atoms with E-state index >= 15 is 0 Å². The summed E-state index contributed by atoms with van der Waals surface area (Å²) in [6, 6.07) is 7.32. The predicted molar refractivity (Wildman–Crippen MR) is 66.7 cm³/mol. The molecular formula is C14H18O4. The minimum atomic E-state index is -1.75. The van der Waals surface area contributed by atoms with Gasteiger partial charge in [0.25, 0.3) is 0 Å². The quantitative estimate of drug-likeness (QED) is 0.861. The largest absolute Gasteiger partial charge is 0.493 e. The van der Waals surface area contributed by atoms with Crippen molar-refractivity contribution >= 4 is 5.97 Å². The Morgan fingerprint density at radius 1 is 1.44 bits per heavy atom. The maximum atomic E-state index is 11.5. The summed E-state index contributed by atoms with van der Waals surface area (Å²) in [7, 11) is 0. The normalized spacial score (nSPS) is 21.9. The third-order valence-corrected chi connectivity index (χ3v) is 3.71. The highest BCUT2D eigenvalue weighted by atomic mass is 16.5. The van der Waals surface area contributed by atoms with E-state index in [1.807, 2.05) is 24.3 Å². The average molecular weight is 250 g/mol. The van der Waals surface area contributed by atoms with Crippen LogP contribution in [0.15, 0.2) is 24.3 Å². The Kier molecular flexibility index (Phi) is 3.30. The molecule has 1 aromatic rings. The SMILES string of the molecule is CC(C)C(O)(C(=O)O)C1CCOc2ccccc21. The van der Waals surface area contributed by atoms with Crippen LogP contribution in [0.5, 0.6) is 5.75 Å². The van der Waals surface area contributed by atoms with E-state index in [1.165, 1.54) is 0 Å². The topological polar surface area (TPSA) is 66.8 Å². The number of carboxylic acids is 1. The zero-order chi connectivity index (χ0) is 13.3. The fourth-order valence-electron chi connectivity index (χ4n) is 2.60. The van der Waals surface area contributed by atoms with Crippen LogP contribution >= 0.6 is 0 Å². The van der Waals surface area contributed by atoms with Crippen molar-refractivity contribution in [1.82, 2.24) is 0 Å². The van der Waals surface area contributed by atoms with Crippen LogP contribution in [-0.4, -0.2) is 28.4 Å². The van der Waals surface area contributed by atoms with Crippen molar-refractivity contribution in [2.24, 2.45) is 5.92 Å². The highest BCUT2D eigenvalue weighted by Gasteiger charge is 2.49. The van der Waals surface area contributed by atoms with E-state index in [0.717, 1.165) is 5.56 Å². The number of fused-ring (bicyclic) bond motifs is 1. The Labute approximate surface area is 106 Å². The minimum Gasteiger partial charge on any atom is -0.493 e. The summed E-state index contributed by atoms with van der Waals surface area (Å²) in [4.78, 5) is 11.5. The predicted octanol–water partition coefficient (Wildman–Crippen LogP) is 2.02. The number of carbonyl (C=O) groups is 1. The fourth-order valence-corrected chi connectivity index (χ4v) is 2.60. The first-order chi connectivity index (χ1) is 8.48. The first-order valence-corrected chi connectivity index (χ1v) is 6.15. The zero-order valence-corrected chi connectivity index (χ0v) is 10.6. The Bertz CT molecular complexity index is 455. The van der Waals surface area contributed by atoms with Crippen molar-refractivity contribution < 1.29 is 19.7 Å². The molecule has 98 valence electrons. The summed E-state index contributed by atoms with van der Waals surface area (Å²) in [6.07, 6.45) is 0.512. The number of aliphatic carboxylic acids is 1. The van der Waals surface area contributed by atoms with Crippen LogP contribution in [0.4, 0.5) is 0 Å². The van der Waals surface area contributed by atoms with Crippen LogP contribution in [0.25, 0.3) is 0 Å². The van der Waals surface area contributed by atoms with Crippen molar-refractivity contribution in [3.63, 3.8) is 0 Å². The molecule has 4 nitrogen and oxygen atoms in total. The van der Waals surface area contributed by atoms with Crippen molar-refractivity contribution in [3.05, 3.63) is 29.8 Å². The first kappa shape index (κ1) is 12.9. The van der Waals surface area contributed by atoms with Gasteiger partial charge in [-0.2, -0.15) is 0 Å². The van der Waals surface area contributed by atoms with Crippen LogP contribution in [0.1, 0.15) is 31.7 Å². The molecule has 2 unspecified atom stereocenters. The van der Waals surface area contributed by atoms with Crippen LogP contribution < -0.4 is 4.74 Å². The van der Waals surface area contributed by atoms with Gasteiger partial charge in [-0.3, -0.25) is 0 Å². The summed E-state index contributed by atoms with van der Waals surface area (Å²) in [5.74, 6) is -1.29. The Balaban J connectivity index is 2.49. The molecule has 0 aliphatic carbocycles. The van der Waals surface area contributed by atoms with Crippen LogP contribution in [-0.2, 0) is 4.79 Å². The number of ether oxygens (including phenoxy) is 1. The second-order valence-electron chi connectivity index (χ2n) is 5.01. The van der Waals surface area contributed by atoms with E-state index in [9.17, 15) is 15.0 Å². The lowest BCUT2D eigenvalue weighted by molar-refractivity contribution is -0.168. The molecule has 1 aromatic carbocycles. The summed E-state index contributed by atoms with van der Waals surface area (Å²) in [5, 5.41) is 20.0. The molecule has 0 aromatic heterocycles. The smallest absolute Gasteiger partial charge is 0.336 e. The molecule has 2 rings (SSSR count). The van der Waals surface area contributed by atoms with Gasteiger partial charge >= 0.3 is 5.97 Å². The molecule has 2 N–H and O–H groups in total. The molecule has 0 saturated heterocycles. The minimum absolute atomic E-state index is 0.369. The van der Waals surface area contributed by atoms with Gasteiger partial charge in [-0.25, -0.2) is 4.79 Å². The van der Waals surface area contributed by atoms with E-state index in [-0.39, 0.29) is 5.92 Å².